The molecule has 1 amide bonds. The lowest BCUT2D eigenvalue weighted by Gasteiger charge is -2.26. The first-order valence-electron chi connectivity index (χ1n) is 8.67. The fraction of sp³-hybridized carbons (Fsp3) is 0.474. The minimum atomic E-state index is -0.716. The van der Waals surface area contributed by atoms with E-state index in [-0.39, 0.29) is 17.9 Å². The molecule has 24 heavy (non-hydrogen) atoms. The van der Waals surface area contributed by atoms with Gasteiger partial charge >= 0.3 is 5.97 Å². The highest BCUT2D eigenvalue weighted by Gasteiger charge is 2.26. The minimum absolute atomic E-state index is 0.0211. The van der Waals surface area contributed by atoms with Gasteiger partial charge in [0.1, 0.15) is 0 Å². The summed E-state index contributed by atoms with van der Waals surface area (Å²) in [5, 5.41) is 13.2. The fourth-order valence-corrected chi connectivity index (χ4v) is 3.66. The second-order valence-electron chi connectivity index (χ2n) is 6.59. The molecule has 1 heterocycles. The van der Waals surface area contributed by atoms with Gasteiger partial charge in [-0.2, -0.15) is 0 Å². The van der Waals surface area contributed by atoms with Crippen molar-refractivity contribution in [1.82, 2.24) is 9.88 Å². The molecule has 1 saturated carbocycles. The number of rotatable bonds is 5. The van der Waals surface area contributed by atoms with Crippen molar-refractivity contribution in [3.63, 3.8) is 0 Å². The third-order valence-corrected chi connectivity index (χ3v) is 5.00. The van der Waals surface area contributed by atoms with Crippen LogP contribution in [0.2, 0.25) is 0 Å². The molecule has 0 bridgehead atoms. The second kappa shape index (κ2) is 7.07. The van der Waals surface area contributed by atoms with E-state index in [1.807, 2.05) is 12.1 Å². The summed E-state index contributed by atoms with van der Waals surface area (Å²) >= 11 is 0. The Kier molecular flexibility index (Phi) is 4.88. The summed E-state index contributed by atoms with van der Waals surface area (Å²) in [6, 6.07) is 8.25. The molecule has 128 valence electrons. The largest absolute Gasteiger partial charge is 0.481 e. The molecule has 0 spiro atoms. The average molecular weight is 328 g/mol. The number of carboxylic acid groups (broad SMARTS) is 1. The first-order valence-corrected chi connectivity index (χ1v) is 8.67. The number of para-hydroxylation sites is 1. The van der Waals surface area contributed by atoms with Crippen molar-refractivity contribution in [3.8, 4) is 0 Å². The van der Waals surface area contributed by atoms with Gasteiger partial charge in [0.25, 0.3) is 0 Å². The first-order chi connectivity index (χ1) is 11.6. The highest BCUT2D eigenvalue weighted by Crippen LogP contribution is 2.25. The molecule has 1 aliphatic rings. The first kappa shape index (κ1) is 16.6. The summed E-state index contributed by atoms with van der Waals surface area (Å²) in [6.07, 6.45) is 5.22. The van der Waals surface area contributed by atoms with Crippen molar-refractivity contribution < 1.29 is 14.7 Å². The van der Waals surface area contributed by atoms with E-state index in [0.717, 1.165) is 35.9 Å². The van der Waals surface area contributed by atoms with Gasteiger partial charge in [-0.1, -0.05) is 18.2 Å². The molecule has 1 aromatic heterocycles. The number of carboxylic acids is 1. The molecule has 1 fully saturated rings. The molecule has 0 aliphatic heterocycles. The number of aliphatic carboxylic acids is 1. The lowest BCUT2D eigenvalue weighted by molar-refractivity contribution is -0.142. The number of amides is 1. The van der Waals surface area contributed by atoms with Crippen molar-refractivity contribution in [1.29, 1.82) is 0 Å². The van der Waals surface area contributed by atoms with E-state index in [9.17, 15) is 9.59 Å². The highest BCUT2D eigenvalue weighted by molar-refractivity contribution is 5.89. The number of nitrogens with one attached hydrogen (secondary N) is 1. The quantitative estimate of drug-likeness (QED) is 0.886. The molecule has 0 unspecified atom stereocenters. The number of hydrogen-bond donors (Lipinski definition) is 2. The van der Waals surface area contributed by atoms with Crippen molar-refractivity contribution in [2.45, 2.75) is 51.6 Å². The maximum atomic E-state index is 12.4. The Balaban J connectivity index is 1.63. The zero-order valence-electron chi connectivity index (χ0n) is 14.0. The van der Waals surface area contributed by atoms with Crippen LogP contribution in [0.5, 0.6) is 0 Å². The average Bonchev–Trinajstić information content (AvgIpc) is 2.93. The van der Waals surface area contributed by atoms with Crippen LogP contribution in [-0.4, -0.2) is 27.6 Å². The number of fused-ring (bicyclic) bond motifs is 1. The molecule has 2 N–H and O–H groups in total. The molecule has 0 atom stereocenters. The summed E-state index contributed by atoms with van der Waals surface area (Å²) < 4.78 is 2.16. The minimum Gasteiger partial charge on any atom is -0.481 e. The summed E-state index contributed by atoms with van der Waals surface area (Å²) in [5.74, 6) is -0.944. The number of hydrogen-bond acceptors (Lipinski definition) is 2. The smallest absolute Gasteiger partial charge is 0.306 e. The van der Waals surface area contributed by atoms with Crippen LogP contribution in [0.1, 0.15) is 38.2 Å². The van der Waals surface area contributed by atoms with Crippen LogP contribution in [0, 0.1) is 5.92 Å². The summed E-state index contributed by atoms with van der Waals surface area (Å²) in [7, 11) is 0. The standard InChI is InChI=1S/C19H24N2O3/c1-2-21-12-14(16-5-3-4-6-17(16)21)11-18(22)20-15-9-7-13(8-10-15)19(23)24/h3-6,12-13,15H,2,7-11H2,1H3,(H,20,22)(H,23,24). The van der Waals surface area contributed by atoms with E-state index in [4.69, 9.17) is 5.11 Å². The molecule has 0 saturated heterocycles. The molecule has 3 rings (SSSR count). The number of aromatic nitrogens is 1. The second-order valence-corrected chi connectivity index (χ2v) is 6.59. The Morgan fingerprint density at radius 3 is 2.58 bits per heavy atom. The van der Waals surface area contributed by atoms with Crippen LogP contribution in [0.3, 0.4) is 0 Å². The molecular formula is C19H24N2O3. The number of benzene rings is 1. The Labute approximate surface area is 141 Å². The van der Waals surface area contributed by atoms with Gasteiger partial charge in [-0.3, -0.25) is 9.59 Å². The molecule has 5 heteroatoms. The Bertz CT molecular complexity index is 742. The number of nitrogens with zero attached hydrogens (tertiary/aromatic N) is 1. The Morgan fingerprint density at radius 1 is 1.21 bits per heavy atom. The van der Waals surface area contributed by atoms with E-state index in [1.54, 1.807) is 0 Å². The molecule has 5 nitrogen and oxygen atoms in total. The normalized spacial score (nSPS) is 20.9. The number of carbonyl (C=O) groups is 2. The molecule has 1 aliphatic carbocycles. The number of aryl methyl sites for hydroxylation is 1. The zero-order chi connectivity index (χ0) is 17.1. The van der Waals surface area contributed by atoms with Crippen molar-refractivity contribution in [2.24, 2.45) is 5.92 Å². The lowest BCUT2D eigenvalue weighted by Crippen LogP contribution is -2.39. The topological polar surface area (TPSA) is 71.3 Å². The van der Waals surface area contributed by atoms with Crippen molar-refractivity contribution >= 4 is 22.8 Å². The van der Waals surface area contributed by atoms with Gasteiger partial charge in [-0.15, -0.1) is 0 Å². The zero-order valence-corrected chi connectivity index (χ0v) is 14.0. The van der Waals surface area contributed by atoms with Crippen molar-refractivity contribution in [2.75, 3.05) is 0 Å². The van der Waals surface area contributed by atoms with Gasteiger partial charge in [0.15, 0.2) is 0 Å². The van der Waals surface area contributed by atoms with E-state index in [2.05, 4.69) is 35.1 Å². The van der Waals surface area contributed by atoms with Crippen LogP contribution in [0.25, 0.3) is 10.9 Å². The predicted molar refractivity (Wildman–Crippen MR) is 92.8 cm³/mol. The van der Waals surface area contributed by atoms with Crippen LogP contribution in [0.4, 0.5) is 0 Å². The summed E-state index contributed by atoms with van der Waals surface area (Å²) in [6.45, 7) is 2.97. The SMILES string of the molecule is CCn1cc(CC(=O)NC2CCC(C(=O)O)CC2)c2ccccc21. The van der Waals surface area contributed by atoms with Crippen LogP contribution in [-0.2, 0) is 22.6 Å². The summed E-state index contributed by atoms with van der Waals surface area (Å²) in [4.78, 5) is 23.4. The maximum absolute atomic E-state index is 12.4. The predicted octanol–water partition coefficient (Wildman–Crippen LogP) is 2.96. The maximum Gasteiger partial charge on any atom is 0.306 e. The van der Waals surface area contributed by atoms with E-state index in [1.165, 1.54) is 0 Å². The molecule has 0 radical (unpaired) electrons. The lowest BCUT2D eigenvalue weighted by atomic mass is 9.86. The van der Waals surface area contributed by atoms with Crippen LogP contribution in [0.15, 0.2) is 30.5 Å². The van der Waals surface area contributed by atoms with Crippen LogP contribution < -0.4 is 5.32 Å². The van der Waals surface area contributed by atoms with Gasteiger partial charge in [-0.25, -0.2) is 0 Å². The van der Waals surface area contributed by atoms with Gasteiger partial charge in [0.05, 0.1) is 12.3 Å². The Morgan fingerprint density at radius 2 is 1.92 bits per heavy atom. The van der Waals surface area contributed by atoms with E-state index in [0.29, 0.717) is 19.3 Å². The molecule has 2 aromatic rings. The van der Waals surface area contributed by atoms with Gasteiger partial charge in [-0.05, 0) is 44.2 Å². The third kappa shape index (κ3) is 3.45. The molecular weight excluding hydrogens is 304 g/mol. The van der Waals surface area contributed by atoms with Crippen molar-refractivity contribution in [3.05, 3.63) is 36.0 Å². The Hall–Kier alpha value is -2.30. The monoisotopic (exact) mass is 328 g/mol. The summed E-state index contributed by atoms with van der Waals surface area (Å²) in [5.41, 5.74) is 2.20. The van der Waals surface area contributed by atoms with Gasteiger partial charge in [0.2, 0.25) is 5.91 Å². The van der Waals surface area contributed by atoms with E-state index >= 15 is 0 Å². The van der Waals surface area contributed by atoms with Gasteiger partial charge in [0, 0.05) is 29.7 Å². The number of carbonyl (C=O) groups excluding carboxylic acids is 1. The van der Waals surface area contributed by atoms with Gasteiger partial charge < -0.3 is 15.0 Å². The fourth-order valence-electron chi connectivity index (χ4n) is 3.66. The van der Waals surface area contributed by atoms with Crippen LogP contribution >= 0.6 is 0 Å². The molecule has 1 aromatic carbocycles. The van der Waals surface area contributed by atoms with E-state index < -0.39 is 5.97 Å². The third-order valence-electron chi connectivity index (χ3n) is 5.00. The highest BCUT2D eigenvalue weighted by atomic mass is 16.4.